The van der Waals surface area contributed by atoms with Gasteiger partial charge >= 0.3 is 0 Å². The van der Waals surface area contributed by atoms with E-state index in [9.17, 15) is 8.42 Å². The van der Waals surface area contributed by atoms with Gasteiger partial charge in [-0.2, -0.15) is 5.10 Å². The Morgan fingerprint density at radius 3 is 2.48 bits per heavy atom. The van der Waals surface area contributed by atoms with Gasteiger partial charge in [0, 0.05) is 16.1 Å². The van der Waals surface area contributed by atoms with Crippen LogP contribution in [0.15, 0.2) is 41.3 Å². The molecule has 0 fully saturated rings. The molecule has 3 aromatic rings. The van der Waals surface area contributed by atoms with Crippen LogP contribution in [0.4, 0.5) is 0 Å². The van der Waals surface area contributed by atoms with Gasteiger partial charge in [-0.05, 0) is 32.0 Å². The largest absolute Gasteiger partial charge is 0.264 e. The summed E-state index contributed by atoms with van der Waals surface area (Å²) in [7, 11) is 1.63. The number of fused-ring (bicyclic) bond motifs is 1. The zero-order valence-corrected chi connectivity index (χ0v) is 13.0. The zero-order chi connectivity index (χ0) is 15.2. The van der Waals surface area contributed by atoms with Gasteiger partial charge in [-0.25, -0.2) is 18.1 Å². The van der Waals surface area contributed by atoms with E-state index in [0.29, 0.717) is 17.2 Å². The summed E-state index contributed by atoms with van der Waals surface area (Å²) in [6, 6.07) is 11.4. The monoisotopic (exact) mass is 321 g/mol. The Labute approximate surface area is 126 Å². The summed E-state index contributed by atoms with van der Waals surface area (Å²) in [6.45, 7) is 3.27. The molecule has 0 aliphatic heterocycles. The molecule has 0 atom stereocenters. The lowest BCUT2D eigenvalue weighted by atomic mass is 10.2. The van der Waals surface area contributed by atoms with Crippen LogP contribution in [0.1, 0.15) is 11.4 Å². The summed E-state index contributed by atoms with van der Waals surface area (Å²) in [6.07, 6.45) is 0. The van der Waals surface area contributed by atoms with E-state index in [1.54, 1.807) is 19.9 Å². The minimum absolute atomic E-state index is 0.0409. The fourth-order valence-electron chi connectivity index (χ4n) is 2.38. The fraction of sp³-hybridized carbons (Fsp3) is 0.143. The highest BCUT2D eigenvalue weighted by atomic mass is 35.7. The van der Waals surface area contributed by atoms with Crippen molar-refractivity contribution in [2.45, 2.75) is 18.7 Å². The molecule has 0 radical (unpaired) electrons. The highest BCUT2D eigenvalue weighted by molar-refractivity contribution is 8.13. The SMILES string of the molecule is Cc1nn(-c2ccc3ccccc3n2)c(C)c1S(=O)(=O)Cl. The molecule has 0 N–H and O–H groups in total. The Morgan fingerprint density at radius 2 is 1.81 bits per heavy atom. The van der Waals surface area contributed by atoms with Crippen molar-refractivity contribution in [3.8, 4) is 5.82 Å². The summed E-state index contributed by atoms with van der Waals surface area (Å²) in [4.78, 5) is 4.55. The van der Waals surface area contributed by atoms with Gasteiger partial charge in [0.1, 0.15) is 4.90 Å². The van der Waals surface area contributed by atoms with E-state index in [0.717, 1.165) is 10.9 Å². The third kappa shape index (κ3) is 2.41. The molecule has 0 spiro atoms. The molecule has 108 valence electrons. The topological polar surface area (TPSA) is 64.8 Å². The molecule has 0 bridgehead atoms. The van der Waals surface area contributed by atoms with Crippen LogP contribution in [0.2, 0.25) is 0 Å². The van der Waals surface area contributed by atoms with Crippen LogP contribution >= 0.6 is 10.7 Å². The van der Waals surface area contributed by atoms with Crippen molar-refractivity contribution >= 4 is 30.6 Å². The Bertz CT molecular complexity index is 948. The molecule has 0 aliphatic rings. The molecule has 2 aromatic heterocycles. The second-order valence-electron chi connectivity index (χ2n) is 4.71. The number of hydrogen-bond acceptors (Lipinski definition) is 4. The zero-order valence-electron chi connectivity index (χ0n) is 11.4. The van der Waals surface area contributed by atoms with Crippen molar-refractivity contribution in [2.24, 2.45) is 0 Å². The van der Waals surface area contributed by atoms with E-state index >= 15 is 0 Å². The molecule has 2 heterocycles. The van der Waals surface area contributed by atoms with Crippen molar-refractivity contribution in [1.82, 2.24) is 14.8 Å². The molecule has 1 aromatic carbocycles. The lowest BCUT2D eigenvalue weighted by molar-refractivity contribution is 0.608. The van der Waals surface area contributed by atoms with Gasteiger partial charge in [0.15, 0.2) is 5.82 Å². The van der Waals surface area contributed by atoms with Crippen molar-refractivity contribution < 1.29 is 8.42 Å². The first-order chi connectivity index (χ1) is 9.88. The first-order valence-corrected chi connectivity index (χ1v) is 8.56. The van der Waals surface area contributed by atoms with E-state index < -0.39 is 9.05 Å². The molecule has 0 saturated heterocycles. The molecule has 0 amide bonds. The van der Waals surface area contributed by atoms with Gasteiger partial charge in [0.2, 0.25) is 0 Å². The maximum absolute atomic E-state index is 11.6. The van der Waals surface area contributed by atoms with Crippen LogP contribution in [0, 0.1) is 13.8 Å². The van der Waals surface area contributed by atoms with Gasteiger partial charge < -0.3 is 0 Å². The van der Waals surface area contributed by atoms with E-state index in [2.05, 4.69) is 10.1 Å². The number of para-hydroxylation sites is 1. The van der Waals surface area contributed by atoms with E-state index in [-0.39, 0.29) is 4.90 Å². The van der Waals surface area contributed by atoms with Crippen LogP contribution in [0.3, 0.4) is 0 Å². The molecule has 0 aliphatic carbocycles. The van der Waals surface area contributed by atoms with E-state index in [1.165, 1.54) is 4.68 Å². The smallest absolute Gasteiger partial charge is 0.229 e. The minimum Gasteiger partial charge on any atom is -0.229 e. The Kier molecular flexibility index (Phi) is 3.22. The molecular weight excluding hydrogens is 310 g/mol. The molecule has 3 rings (SSSR count). The van der Waals surface area contributed by atoms with E-state index in [1.807, 2.05) is 30.3 Å². The van der Waals surface area contributed by atoms with Crippen molar-refractivity contribution in [2.75, 3.05) is 0 Å². The summed E-state index contributed by atoms with van der Waals surface area (Å²) in [5.74, 6) is 0.556. The van der Waals surface area contributed by atoms with Gasteiger partial charge in [-0.3, -0.25) is 0 Å². The van der Waals surface area contributed by atoms with Gasteiger partial charge in [0.05, 0.1) is 16.9 Å². The highest BCUT2D eigenvalue weighted by Crippen LogP contribution is 2.25. The van der Waals surface area contributed by atoms with Crippen LogP contribution in [-0.2, 0) is 9.05 Å². The number of aryl methyl sites for hydroxylation is 1. The Hall–Kier alpha value is -1.92. The Balaban J connectivity index is 2.24. The third-order valence-corrected chi connectivity index (χ3v) is 4.81. The van der Waals surface area contributed by atoms with E-state index in [4.69, 9.17) is 10.7 Å². The highest BCUT2D eigenvalue weighted by Gasteiger charge is 2.23. The maximum atomic E-state index is 11.6. The summed E-state index contributed by atoms with van der Waals surface area (Å²) < 4.78 is 24.7. The molecule has 0 saturated carbocycles. The van der Waals surface area contributed by atoms with Crippen LogP contribution in [0.5, 0.6) is 0 Å². The minimum atomic E-state index is -3.83. The van der Waals surface area contributed by atoms with Gasteiger partial charge in [0.25, 0.3) is 9.05 Å². The lowest BCUT2D eigenvalue weighted by Crippen LogP contribution is -2.03. The number of halogens is 1. The average Bonchev–Trinajstić information content (AvgIpc) is 2.73. The molecule has 5 nitrogen and oxygen atoms in total. The number of pyridine rings is 1. The van der Waals surface area contributed by atoms with Crippen molar-refractivity contribution in [3.63, 3.8) is 0 Å². The predicted octanol–water partition coefficient (Wildman–Crippen LogP) is 2.96. The van der Waals surface area contributed by atoms with Crippen molar-refractivity contribution in [1.29, 1.82) is 0 Å². The second-order valence-corrected chi connectivity index (χ2v) is 7.21. The number of nitrogens with zero attached hydrogens (tertiary/aromatic N) is 3. The first kappa shape index (κ1) is 14.0. The lowest BCUT2D eigenvalue weighted by Gasteiger charge is -2.05. The number of hydrogen-bond donors (Lipinski definition) is 0. The van der Waals surface area contributed by atoms with Crippen molar-refractivity contribution in [3.05, 3.63) is 47.8 Å². The van der Waals surface area contributed by atoms with Crippen LogP contribution < -0.4 is 0 Å². The summed E-state index contributed by atoms with van der Waals surface area (Å²) in [5.41, 5.74) is 1.63. The molecular formula is C14H12ClN3O2S. The number of rotatable bonds is 2. The number of aromatic nitrogens is 3. The second kappa shape index (κ2) is 4.82. The number of benzene rings is 1. The van der Waals surface area contributed by atoms with Gasteiger partial charge in [-0.1, -0.05) is 18.2 Å². The van der Waals surface area contributed by atoms with Gasteiger partial charge in [-0.15, -0.1) is 0 Å². The third-order valence-electron chi connectivity index (χ3n) is 3.27. The van der Waals surface area contributed by atoms with Crippen LogP contribution in [0.25, 0.3) is 16.7 Å². The first-order valence-electron chi connectivity index (χ1n) is 6.25. The maximum Gasteiger partial charge on any atom is 0.264 e. The standard InChI is InChI=1S/C14H12ClN3O2S/c1-9-14(21(15,19)20)10(2)18(17-9)13-8-7-11-5-3-4-6-12(11)16-13/h3-8H,1-2H3. The summed E-state index contributed by atoms with van der Waals surface area (Å²) >= 11 is 0. The normalized spacial score (nSPS) is 12.0. The molecule has 21 heavy (non-hydrogen) atoms. The quantitative estimate of drug-likeness (QED) is 0.681. The summed E-state index contributed by atoms with van der Waals surface area (Å²) in [5, 5.41) is 5.25. The molecule has 7 heteroatoms. The molecule has 0 unspecified atom stereocenters. The predicted molar refractivity (Wildman–Crippen MR) is 81.4 cm³/mol. The average molecular weight is 322 g/mol. The fourth-order valence-corrected chi connectivity index (χ4v) is 3.88. The Morgan fingerprint density at radius 1 is 1.10 bits per heavy atom. The van der Waals surface area contributed by atoms with Crippen LogP contribution in [-0.4, -0.2) is 23.2 Å².